The summed E-state index contributed by atoms with van der Waals surface area (Å²) in [6.07, 6.45) is 6.28. The molecule has 4 nitrogen and oxygen atoms in total. The fourth-order valence-electron chi connectivity index (χ4n) is 1.99. The molecule has 0 saturated carbocycles. The molecule has 1 rings (SSSR count). The number of aromatic nitrogens is 1. The predicted molar refractivity (Wildman–Crippen MR) is 73.0 cm³/mol. The summed E-state index contributed by atoms with van der Waals surface area (Å²) in [5, 5.41) is 11.9. The number of rotatable bonds is 8. The van der Waals surface area contributed by atoms with Gasteiger partial charge in [0, 0.05) is 12.2 Å². The largest absolute Gasteiger partial charge is 0.478 e. The van der Waals surface area contributed by atoms with Crippen molar-refractivity contribution in [2.24, 2.45) is 0 Å². The van der Waals surface area contributed by atoms with Crippen molar-refractivity contribution >= 4 is 11.8 Å². The molecule has 0 saturated heterocycles. The second kappa shape index (κ2) is 7.71. The molecule has 0 aliphatic carbocycles. The summed E-state index contributed by atoms with van der Waals surface area (Å²) in [7, 11) is 0. The Morgan fingerprint density at radius 1 is 1.42 bits per heavy atom. The van der Waals surface area contributed by atoms with Crippen LogP contribution in [0.15, 0.2) is 12.3 Å². The molecule has 19 heavy (non-hydrogen) atoms. The van der Waals surface area contributed by atoms with Crippen LogP contribution in [0.2, 0.25) is 0 Å². The van der Waals surface area contributed by atoms with Crippen LogP contribution in [-0.2, 0) is 0 Å². The zero-order valence-electron chi connectivity index (χ0n) is 11.4. The third kappa shape index (κ3) is 4.50. The number of carboxylic acid groups (broad SMARTS) is 1. The van der Waals surface area contributed by atoms with Gasteiger partial charge < -0.3 is 10.4 Å². The molecule has 0 aromatic carbocycles. The van der Waals surface area contributed by atoms with Gasteiger partial charge in [-0.05, 0) is 18.9 Å². The standard InChI is InChI=1S/C14H21FN2O2/c1-3-5-7-10(6-4-2)17-13-12(15)11(14(18)19)8-9-16-13/h8-10H,3-7H2,1-2H3,(H,16,17)(H,18,19). The molecule has 1 aromatic rings. The van der Waals surface area contributed by atoms with Crippen LogP contribution in [0.3, 0.4) is 0 Å². The second-order valence-corrected chi connectivity index (χ2v) is 4.60. The van der Waals surface area contributed by atoms with E-state index in [4.69, 9.17) is 5.11 Å². The van der Waals surface area contributed by atoms with Gasteiger partial charge in [-0.25, -0.2) is 14.2 Å². The summed E-state index contributed by atoms with van der Waals surface area (Å²) in [6, 6.07) is 1.31. The van der Waals surface area contributed by atoms with E-state index in [-0.39, 0.29) is 17.4 Å². The molecule has 2 N–H and O–H groups in total. The lowest BCUT2D eigenvalue weighted by atomic mass is 10.1. The minimum absolute atomic E-state index is 0.0365. The molecule has 1 aromatic heterocycles. The van der Waals surface area contributed by atoms with Crippen LogP contribution in [0, 0.1) is 5.82 Å². The van der Waals surface area contributed by atoms with Crippen molar-refractivity contribution in [1.82, 2.24) is 4.98 Å². The van der Waals surface area contributed by atoms with E-state index in [1.807, 2.05) is 0 Å². The first kappa shape index (κ1) is 15.4. The van der Waals surface area contributed by atoms with Crippen molar-refractivity contribution in [2.45, 2.75) is 52.0 Å². The number of unbranched alkanes of at least 4 members (excludes halogenated alkanes) is 1. The van der Waals surface area contributed by atoms with Gasteiger partial charge in [0.1, 0.15) is 5.56 Å². The van der Waals surface area contributed by atoms with Gasteiger partial charge in [-0.15, -0.1) is 0 Å². The summed E-state index contributed by atoms with van der Waals surface area (Å²) < 4.78 is 13.9. The summed E-state index contributed by atoms with van der Waals surface area (Å²) in [5.41, 5.74) is -0.344. The first-order valence-electron chi connectivity index (χ1n) is 6.74. The molecule has 1 heterocycles. The predicted octanol–water partition coefficient (Wildman–Crippen LogP) is 3.69. The Labute approximate surface area is 113 Å². The first-order valence-corrected chi connectivity index (χ1v) is 6.74. The highest BCUT2D eigenvalue weighted by Gasteiger charge is 2.17. The minimum Gasteiger partial charge on any atom is -0.478 e. The van der Waals surface area contributed by atoms with Gasteiger partial charge in [-0.3, -0.25) is 0 Å². The number of aromatic carboxylic acids is 1. The van der Waals surface area contributed by atoms with E-state index in [0.717, 1.165) is 32.1 Å². The van der Waals surface area contributed by atoms with Crippen LogP contribution in [-0.4, -0.2) is 22.1 Å². The zero-order valence-corrected chi connectivity index (χ0v) is 11.4. The van der Waals surface area contributed by atoms with Crippen molar-refractivity contribution < 1.29 is 14.3 Å². The Balaban J connectivity index is 2.83. The summed E-state index contributed by atoms with van der Waals surface area (Å²) >= 11 is 0. The number of pyridine rings is 1. The van der Waals surface area contributed by atoms with Crippen molar-refractivity contribution in [1.29, 1.82) is 0 Å². The van der Waals surface area contributed by atoms with Crippen LogP contribution < -0.4 is 5.32 Å². The second-order valence-electron chi connectivity index (χ2n) is 4.60. The number of carbonyl (C=O) groups is 1. The number of hydrogen-bond acceptors (Lipinski definition) is 3. The molecular formula is C14H21FN2O2. The average Bonchev–Trinajstić information content (AvgIpc) is 2.38. The number of nitrogens with one attached hydrogen (secondary N) is 1. The van der Waals surface area contributed by atoms with Gasteiger partial charge in [0.15, 0.2) is 11.6 Å². The molecule has 106 valence electrons. The van der Waals surface area contributed by atoms with Crippen LogP contribution in [0.5, 0.6) is 0 Å². The van der Waals surface area contributed by atoms with Gasteiger partial charge in [0.05, 0.1) is 0 Å². The smallest absolute Gasteiger partial charge is 0.338 e. The molecule has 0 spiro atoms. The van der Waals surface area contributed by atoms with Gasteiger partial charge in [-0.2, -0.15) is 0 Å². The Kier molecular flexibility index (Phi) is 6.25. The molecule has 0 bridgehead atoms. The van der Waals surface area contributed by atoms with Gasteiger partial charge in [-0.1, -0.05) is 33.1 Å². The van der Waals surface area contributed by atoms with Crippen molar-refractivity contribution in [3.8, 4) is 0 Å². The maximum absolute atomic E-state index is 13.9. The quantitative estimate of drug-likeness (QED) is 0.754. The maximum Gasteiger partial charge on any atom is 0.338 e. The Hall–Kier alpha value is -1.65. The summed E-state index contributed by atoms with van der Waals surface area (Å²) in [5.74, 6) is -2.02. The van der Waals surface area contributed by atoms with Gasteiger partial charge >= 0.3 is 5.97 Å². The fourth-order valence-corrected chi connectivity index (χ4v) is 1.99. The van der Waals surface area contributed by atoms with E-state index in [2.05, 4.69) is 24.1 Å². The number of carboxylic acids is 1. The highest BCUT2D eigenvalue weighted by Crippen LogP contribution is 2.19. The van der Waals surface area contributed by atoms with E-state index in [0.29, 0.717) is 0 Å². The van der Waals surface area contributed by atoms with Crippen molar-refractivity contribution in [3.05, 3.63) is 23.6 Å². The molecule has 0 amide bonds. The molecule has 0 aliphatic rings. The normalized spacial score (nSPS) is 12.2. The van der Waals surface area contributed by atoms with Crippen LogP contribution in [0.4, 0.5) is 10.2 Å². The summed E-state index contributed by atoms with van der Waals surface area (Å²) in [4.78, 5) is 14.8. The SMILES string of the molecule is CCCCC(CCC)Nc1nccc(C(=O)O)c1F. The lowest BCUT2D eigenvalue weighted by Gasteiger charge is -2.19. The third-order valence-corrected chi connectivity index (χ3v) is 3.00. The Morgan fingerprint density at radius 2 is 2.16 bits per heavy atom. The lowest BCUT2D eigenvalue weighted by Crippen LogP contribution is -2.21. The van der Waals surface area contributed by atoms with Gasteiger partial charge in [0.25, 0.3) is 0 Å². The number of nitrogens with zero attached hydrogens (tertiary/aromatic N) is 1. The number of anilines is 1. The molecule has 1 unspecified atom stereocenters. The fraction of sp³-hybridized carbons (Fsp3) is 0.571. The Morgan fingerprint density at radius 3 is 2.74 bits per heavy atom. The average molecular weight is 268 g/mol. The topological polar surface area (TPSA) is 62.2 Å². The highest BCUT2D eigenvalue weighted by molar-refractivity contribution is 5.88. The van der Waals surface area contributed by atoms with Crippen molar-refractivity contribution in [2.75, 3.05) is 5.32 Å². The van der Waals surface area contributed by atoms with E-state index in [1.54, 1.807) is 0 Å². The van der Waals surface area contributed by atoms with E-state index in [1.165, 1.54) is 12.3 Å². The molecule has 0 fully saturated rings. The Bertz CT molecular complexity index is 424. The summed E-state index contributed by atoms with van der Waals surface area (Å²) in [6.45, 7) is 4.17. The lowest BCUT2D eigenvalue weighted by molar-refractivity contribution is 0.0692. The van der Waals surface area contributed by atoms with E-state index >= 15 is 0 Å². The monoisotopic (exact) mass is 268 g/mol. The third-order valence-electron chi connectivity index (χ3n) is 3.00. The molecule has 5 heteroatoms. The minimum atomic E-state index is -1.27. The number of hydrogen-bond donors (Lipinski definition) is 2. The van der Waals surface area contributed by atoms with Gasteiger partial charge in [0.2, 0.25) is 0 Å². The zero-order chi connectivity index (χ0) is 14.3. The van der Waals surface area contributed by atoms with Crippen LogP contribution in [0.25, 0.3) is 0 Å². The maximum atomic E-state index is 13.9. The van der Waals surface area contributed by atoms with Crippen LogP contribution in [0.1, 0.15) is 56.3 Å². The molecular weight excluding hydrogens is 247 g/mol. The molecule has 1 atom stereocenters. The first-order chi connectivity index (χ1) is 9.10. The number of halogens is 1. The van der Waals surface area contributed by atoms with E-state index in [9.17, 15) is 9.18 Å². The molecule has 0 radical (unpaired) electrons. The molecule has 0 aliphatic heterocycles. The highest BCUT2D eigenvalue weighted by atomic mass is 19.1. The van der Waals surface area contributed by atoms with E-state index < -0.39 is 11.8 Å². The van der Waals surface area contributed by atoms with Crippen LogP contribution >= 0.6 is 0 Å². The van der Waals surface area contributed by atoms with Crippen molar-refractivity contribution in [3.63, 3.8) is 0 Å².